The second-order valence-electron chi connectivity index (χ2n) is 3.45. The SMILES string of the molecule is CCOC(=O)c1nnn(C(CC)C(=O)O)c1C. The van der Waals surface area contributed by atoms with E-state index in [1.165, 1.54) is 4.68 Å². The molecule has 94 valence electrons. The Kier molecular flexibility index (Phi) is 4.19. The van der Waals surface area contributed by atoms with Crippen LogP contribution in [0, 0.1) is 6.92 Å². The van der Waals surface area contributed by atoms with Crippen LogP contribution in [-0.4, -0.2) is 38.6 Å². The van der Waals surface area contributed by atoms with E-state index in [4.69, 9.17) is 9.84 Å². The van der Waals surface area contributed by atoms with Crippen LogP contribution in [0.4, 0.5) is 0 Å². The van der Waals surface area contributed by atoms with E-state index < -0.39 is 18.0 Å². The summed E-state index contributed by atoms with van der Waals surface area (Å²) in [6.45, 7) is 5.24. The van der Waals surface area contributed by atoms with E-state index >= 15 is 0 Å². The molecule has 1 aromatic rings. The van der Waals surface area contributed by atoms with Gasteiger partial charge in [0.1, 0.15) is 0 Å². The minimum atomic E-state index is -1.00. The van der Waals surface area contributed by atoms with Gasteiger partial charge in [0, 0.05) is 0 Å². The fourth-order valence-corrected chi connectivity index (χ4v) is 1.48. The molecular formula is C10H15N3O4. The molecule has 0 spiro atoms. The van der Waals surface area contributed by atoms with Crippen LogP contribution in [0.15, 0.2) is 0 Å². The third kappa shape index (κ3) is 2.61. The highest BCUT2D eigenvalue weighted by Gasteiger charge is 2.25. The molecule has 0 aliphatic heterocycles. The first kappa shape index (κ1) is 13.1. The topological polar surface area (TPSA) is 94.3 Å². The predicted octanol–water partition coefficient (Wildman–Crippen LogP) is 0.799. The fraction of sp³-hybridized carbons (Fsp3) is 0.600. The second kappa shape index (κ2) is 5.42. The normalized spacial score (nSPS) is 12.2. The number of carboxylic acids is 1. The van der Waals surface area contributed by atoms with Crippen molar-refractivity contribution >= 4 is 11.9 Å². The van der Waals surface area contributed by atoms with Crippen molar-refractivity contribution in [2.75, 3.05) is 6.61 Å². The van der Waals surface area contributed by atoms with Gasteiger partial charge < -0.3 is 9.84 Å². The first-order valence-electron chi connectivity index (χ1n) is 5.34. The van der Waals surface area contributed by atoms with E-state index in [1.54, 1.807) is 20.8 Å². The van der Waals surface area contributed by atoms with Gasteiger partial charge in [0.05, 0.1) is 12.3 Å². The van der Waals surface area contributed by atoms with Crippen molar-refractivity contribution in [3.63, 3.8) is 0 Å². The molecule has 1 unspecified atom stereocenters. The largest absolute Gasteiger partial charge is 0.480 e. The molecule has 1 atom stereocenters. The molecule has 17 heavy (non-hydrogen) atoms. The quantitative estimate of drug-likeness (QED) is 0.766. The molecule has 7 nitrogen and oxygen atoms in total. The number of carboxylic acid groups (broad SMARTS) is 1. The molecule has 7 heteroatoms. The number of hydrogen-bond donors (Lipinski definition) is 1. The lowest BCUT2D eigenvalue weighted by Crippen LogP contribution is -2.21. The fourth-order valence-electron chi connectivity index (χ4n) is 1.48. The first-order valence-corrected chi connectivity index (χ1v) is 5.34. The molecule has 0 saturated heterocycles. The molecule has 0 saturated carbocycles. The third-order valence-electron chi connectivity index (χ3n) is 2.36. The third-order valence-corrected chi connectivity index (χ3v) is 2.36. The summed E-state index contributed by atoms with van der Waals surface area (Å²) in [5, 5.41) is 16.4. The van der Waals surface area contributed by atoms with Gasteiger partial charge in [0.15, 0.2) is 11.7 Å². The molecule has 1 N–H and O–H groups in total. The zero-order chi connectivity index (χ0) is 13.0. The summed E-state index contributed by atoms with van der Waals surface area (Å²) in [6.07, 6.45) is 0.363. The molecular weight excluding hydrogens is 226 g/mol. The number of esters is 1. The summed E-state index contributed by atoms with van der Waals surface area (Å²) in [6, 6.07) is -0.814. The zero-order valence-electron chi connectivity index (χ0n) is 10.0. The van der Waals surface area contributed by atoms with Crippen molar-refractivity contribution < 1.29 is 19.4 Å². The van der Waals surface area contributed by atoms with Crippen molar-refractivity contribution in [3.8, 4) is 0 Å². The number of aromatic nitrogens is 3. The van der Waals surface area contributed by atoms with Crippen LogP contribution >= 0.6 is 0 Å². The van der Waals surface area contributed by atoms with Gasteiger partial charge in [-0.2, -0.15) is 0 Å². The predicted molar refractivity (Wildman–Crippen MR) is 57.7 cm³/mol. The van der Waals surface area contributed by atoms with E-state index in [0.29, 0.717) is 12.1 Å². The Morgan fingerprint density at radius 1 is 1.47 bits per heavy atom. The minimum absolute atomic E-state index is 0.0616. The number of hydrogen-bond acceptors (Lipinski definition) is 5. The number of ether oxygens (including phenoxy) is 1. The van der Waals surface area contributed by atoms with E-state index in [2.05, 4.69) is 10.3 Å². The number of nitrogens with zero attached hydrogens (tertiary/aromatic N) is 3. The van der Waals surface area contributed by atoms with E-state index in [0.717, 1.165) is 0 Å². The number of carbonyl (C=O) groups is 2. The van der Waals surface area contributed by atoms with Gasteiger partial charge in [-0.3, -0.25) is 0 Å². The summed E-state index contributed by atoms with van der Waals surface area (Å²) in [5.41, 5.74) is 0.462. The van der Waals surface area contributed by atoms with E-state index in [9.17, 15) is 9.59 Å². The summed E-state index contributed by atoms with van der Waals surface area (Å²) in [7, 11) is 0. The maximum atomic E-state index is 11.5. The molecule has 1 aromatic heterocycles. The lowest BCUT2D eigenvalue weighted by molar-refractivity contribution is -0.141. The van der Waals surface area contributed by atoms with Gasteiger partial charge in [-0.1, -0.05) is 12.1 Å². The molecule has 0 amide bonds. The van der Waals surface area contributed by atoms with Crippen LogP contribution in [0.2, 0.25) is 0 Å². The summed E-state index contributed by atoms with van der Waals surface area (Å²) >= 11 is 0. The molecule has 0 radical (unpaired) electrons. The molecule has 0 aliphatic rings. The average Bonchev–Trinajstić information content (AvgIpc) is 2.62. The Labute approximate surface area is 98.4 Å². The molecule has 0 fully saturated rings. The minimum Gasteiger partial charge on any atom is -0.480 e. The van der Waals surface area contributed by atoms with Gasteiger partial charge in [0.25, 0.3) is 0 Å². The van der Waals surface area contributed by atoms with Crippen LogP contribution in [0.25, 0.3) is 0 Å². The van der Waals surface area contributed by atoms with Gasteiger partial charge in [-0.15, -0.1) is 5.10 Å². The van der Waals surface area contributed by atoms with Crippen LogP contribution in [0.3, 0.4) is 0 Å². The molecule has 1 heterocycles. The molecule has 0 aliphatic carbocycles. The zero-order valence-corrected chi connectivity index (χ0v) is 10.0. The molecule has 0 bridgehead atoms. The molecule has 1 rings (SSSR count). The second-order valence-corrected chi connectivity index (χ2v) is 3.45. The lowest BCUT2D eigenvalue weighted by atomic mass is 10.2. The van der Waals surface area contributed by atoms with E-state index in [-0.39, 0.29) is 12.3 Å². The van der Waals surface area contributed by atoms with Crippen molar-refractivity contribution in [2.45, 2.75) is 33.2 Å². The first-order chi connectivity index (χ1) is 8.02. The summed E-state index contributed by atoms with van der Waals surface area (Å²) < 4.78 is 6.02. The Morgan fingerprint density at radius 2 is 2.12 bits per heavy atom. The maximum Gasteiger partial charge on any atom is 0.360 e. The van der Waals surface area contributed by atoms with Crippen molar-refractivity contribution in [3.05, 3.63) is 11.4 Å². The van der Waals surface area contributed by atoms with Gasteiger partial charge in [0.2, 0.25) is 0 Å². The van der Waals surface area contributed by atoms with Gasteiger partial charge >= 0.3 is 11.9 Å². The lowest BCUT2D eigenvalue weighted by Gasteiger charge is -2.11. The van der Waals surface area contributed by atoms with Gasteiger partial charge in [-0.25, -0.2) is 14.3 Å². The van der Waals surface area contributed by atoms with Crippen molar-refractivity contribution in [1.82, 2.24) is 15.0 Å². The van der Waals surface area contributed by atoms with Crippen LogP contribution in [0.5, 0.6) is 0 Å². The number of rotatable bonds is 5. The number of aliphatic carboxylic acids is 1. The maximum absolute atomic E-state index is 11.5. The van der Waals surface area contributed by atoms with Crippen LogP contribution < -0.4 is 0 Å². The van der Waals surface area contributed by atoms with Gasteiger partial charge in [-0.05, 0) is 20.3 Å². The monoisotopic (exact) mass is 241 g/mol. The smallest absolute Gasteiger partial charge is 0.360 e. The van der Waals surface area contributed by atoms with Crippen LogP contribution in [0.1, 0.15) is 42.5 Å². The Hall–Kier alpha value is -1.92. The highest BCUT2D eigenvalue weighted by molar-refractivity contribution is 5.88. The highest BCUT2D eigenvalue weighted by atomic mass is 16.5. The van der Waals surface area contributed by atoms with Crippen LogP contribution in [-0.2, 0) is 9.53 Å². The number of carbonyl (C=O) groups excluding carboxylic acids is 1. The summed E-state index contributed by atoms with van der Waals surface area (Å²) in [4.78, 5) is 22.5. The van der Waals surface area contributed by atoms with E-state index in [1.807, 2.05) is 0 Å². The Balaban J connectivity index is 3.05. The average molecular weight is 241 g/mol. The highest BCUT2D eigenvalue weighted by Crippen LogP contribution is 2.15. The summed E-state index contributed by atoms with van der Waals surface area (Å²) in [5.74, 6) is -1.59. The standard InChI is InChI=1S/C10H15N3O4/c1-4-7(9(14)15)13-6(3)8(11-12-13)10(16)17-5-2/h7H,4-5H2,1-3H3,(H,14,15). The van der Waals surface area contributed by atoms with Crippen molar-refractivity contribution in [2.24, 2.45) is 0 Å². The van der Waals surface area contributed by atoms with Crippen molar-refractivity contribution in [1.29, 1.82) is 0 Å². The Morgan fingerprint density at radius 3 is 2.59 bits per heavy atom. The molecule has 0 aromatic carbocycles. The Bertz CT molecular complexity index is 427.